The second-order valence-electron chi connectivity index (χ2n) is 4.68. The quantitative estimate of drug-likeness (QED) is 0.909. The molecule has 0 aliphatic heterocycles. The third kappa shape index (κ3) is 2.99. The van der Waals surface area contributed by atoms with Crippen LogP contribution in [0.2, 0.25) is 0 Å². The van der Waals surface area contributed by atoms with Gasteiger partial charge in [0.25, 0.3) is 0 Å². The molecule has 0 saturated heterocycles. The Balaban J connectivity index is 2.16. The van der Waals surface area contributed by atoms with Gasteiger partial charge in [-0.05, 0) is 47.7 Å². The van der Waals surface area contributed by atoms with E-state index >= 15 is 0 Å². The summed E-state index contributed by atoms with van der Waals surface area (Å²) >= 11 is 3.45. The van der Waals surface area contributed by atoms with E-state index in [1.807, 2.05) is 6.20 Å². The van der Waals surface area contributed by atoms with Crippen molar-refractivity contribution in [1.29, 1.82) is 0 Å². The van der Waals surface area contributed by atoms with E-state index in [-0.39, 0.29) is 0 Å². The summed E-state index contributed by atoms with van der Waals surface area (Å²) in [5.74, 6) is 1.91. The highest BCUT2D eigenvalue weighted by atomic mass is 79.9. The minimum atomic E-state index is 0.545. The van der Waals surface area contributed by atoms with Crippen molar-refractivity contribution in [3.8, 4) is 0 Å². The van der Waals surface area contributed by atoms with E-state index in [4.69, 9.17) is 5.73 Å². The fourth-order valence-electron chi connectivity index (χ4n) is 2.26. The molecule has 4 heteroatoms. The highest BCUT2D eigenvalue weighted by Gasteiger charge is 2.21. The summed E-state index contributed by atoms with van der Waals surface area (Å²) in [6.07, 6.45) is 5.98. The molecule has 0 spiro atoms. The SMILES string of the molecule is CCN(CC1CCC1)c1ncc(Br)cc1CN. The fourth-order valence-corrected chi connectivity index (χ4v) is 2.64. The average Bonchev–Trinajstić information content (AvgIpc) is 2.29. The lowest BCUT2D eigenvalue weighted by Crippen LogP contribution is -2.33. The summed E-state index contributed by atoms with van der Waals surface area (Å²) in [5, 5.41) is 0. The Hall–Kier alpha value is -0.610. The first-order valence-corrected chi connectivity index (χ1v) is 7.13. The first-order chi connectivity index (χ1) is 8.24. The molecule has 0 bridgehead atoms. The van der Waals surface area contributed by atoms with Crippen LogP contribution in [-0.4, -0.2) is 18.1 Å². The van der Waals surface area contributed by atoms with Gasteiger partial charge in [0.1, 0.15) is 5.82 Å². The van der Waals surface area contributed by atoms with E-state index in [1.165, 1.54) is 19.3 Å². The molecule has 1 heterocycles. The van der Waals surface area contributed by atoms with Gasteiger partial charge in [0.05, 0.1) is 0 Å². The molecular weight excluding hydrogens is 278 g/mol. The Labute approximate surface area is 112 Å². The van der Waals surface area contributed by atoms with Crippen LogP contribution in [-0.2, 0) is 6.54 Å². The lowest BCUT2D eigenvalue weighted by Gasteiger charge is -2.33. The molecule has 1 aromatic heterocycles. The smallest absolute Gasteiger partial charge is 0.133 e. The molecule has 0 atom stereocenters. The van der Waals surface area contributed by atoms with Crippen LogP contribution in [0, 0.1) is 5.92 Å². The summed E-state index contributed by atoms with van der Waals surface area (Å²) in [7, 11) is 0. The van der Waals surface area contributed by atoms with Crippen LogP contribution in [0.15, 0.2) is 16.7 Å². The Morgan fingerprint density at radius 1 is 1.53 bits per heavy atom. The number of rotatable bonds is 5. The molecule has 1 saturated carbocycles. The number of pyridine rings is 1. The van der Waals surface area contributed by atoms with Crippen molar-refractivity contribution < 1.29 is 0 Å². The van der Waals surface area contributed by atoms with E-state index in [1.54, 1.807) is 0 Å². The Bertz CT molecular complexity index is 377. The molecule has 2 N–H and O–H groups in total. The maximum absolute atomic E-state index is 5.80. The monoisotopic (exact) mass is 297 g/mol. The normalized spacial score (nSPS) is 15.7. The number of hydrogen-bond donors (Lipinski definition) is 1. The number of nitrogens with two attached hydrogens (primary N) is 1. The van der Waals surface area contributed by atoms with Crippen molar-refractivity contribution in [2.75, 3.05) is 18.0 Å². The molecule has 3 nitrogen and oxygen atoms in total. The second-order valence-corrected chi connectivity index (χ2v) is 5.59. The third-order valence-corrected chi connectivity index (χ3v) is 3.95. The summed E-state index contributed by atoms with van der Waals surface area (Å²) in [5.41, 5.74) is 6.93. The summed E-state index contributed by atoms with van der Waals surface area (Å²) < 4.78 is 1.00. The zero-order valence-electron chi connectivity index (χ0n) is 10.3. The zero-order valence-corrected chi connectivity index (χ0v) is 11.9. The Morgan fingerprint density at radius 3 is 2.82 bits per heavy atom. The Kier molecular flexibility index (Phi) is 4.40. The fraction of sp³-hybridized carbons (Fsp3) is 0.615. The maximum Gasteiger partial charge on any atom is 0.133 e. The summed E-state index contributed by atoms with van der Waals surface area (Å²) in [4.78, 5) is 6.89. The summed E-state index contributed by atoms with van der Waals surface area (Å²) in [6.45, 7) is 4.85. The number of aromatic nitrogens is 1. The van der Waals surface area contributed by atoms with E-state index in [9.17, 15) is 0 Å². The van der Waals surface area contributed by atoms with Crippen molar-refractivity contribution in [1.82, 2.24) is 4.98 Å². The predicted octanol–water partition coefficient (Wildman–Crippen LogP) is 2.93. The lowest BCUT2D eigenvalue weighted by atomic mass is 9.85. The van der Waals surface area contributed by atoms with Crippen molar-refractivity contribution in [2.45, 2.75) is 32.7 Å². The maximum atomic E-state index is 5.80. The zero-order chi connectivity index (χ0) is 12.3. The minimum absolute atomic E-state index is 0.545. The minimum Gasteiger partial charge on any atom is -0.356 e. The molecule has 2 rings (SSSR count). The highest BCUT2D eigenvalue weighted by molar-refractivity contribution is 9.10. The van der Waals surface area contributed by atoms with Crippen LogP contribution in [0.25, 0.3) is 0 Å². The van der Waals surface area contributed by atoms with E-state index in [2.05, 4.69) is 38.8 Å². The highest BCUT2D eigenvalue weighted by Crippen LogP contribution is 2.29. The van der Waals surface area contributed by atoms with Gasteiger partial charge in [-0.1, -0.05) is 6.42 Å². The first-order valence-electron chi connectivity index (χ1n) is 6.34. The van der Waals surface area contributed by atoms with Gasteiger partial charge in [0.15, 0.2) is 0 Å². The van der Waals surface area contributed by atoms with Gasteiger partial charge in [-0.3, -0.25) is 0 Å². The van der Waals surface area contributed by atoms with Crippen LogP contribution in [0.1, 0.15) is 31.7 Å². The van der Waals surface area contributed by atoms with Crippen molar-refractivity contribution in [3.63, 3.8) is 0 Å². The van der Waals surface area contributed by atoms with E-state index < -0.39 is 0 Å². The Morgan fingerprint density at radius 2 is 2.29 bits per heavy atom. The average molecular weight is 298 g/mol. The molecule has 0 aromatic carbocycles. The van der Waals surface area contributed by atoms with Crippen LogP contribution in [0.3, 0.4) is 0 Å². The standard InChI is InChI=1S/C13H20BrN3/c1-2-17(9-10-4-3-5-10)13-11(7-15)6-12(14)8-16-13/h6,8,10H,2-5,7,9,15H2,1H3. The first kappa shape index (κ1) is 12.8. The lowest BCUT2D eigenvalue weighted by molar-refractivity contribution is 0.318. The summed E-state index contributed by atoms with van der Waals surface area (Å²) in [6, 6.07) is 2.08. The van der Waals surface area contributed by atoms with Crippen LogP contribution in [0.5, 0.6) is 0 Å². The molecule has 0 radical (unpaired) electrons. The van der Waals surface area contributed by atoms with Crippen molar-refractivity contribution in [2.24, 2.45) is 11.7 Å². The number of nitrogens with zero attached hydrogens (tertiary/aromatic N) is 2. The van der Waals surface area contributed by atoms with Crippen molar-refractivity contribution >= 4 is 21.7 Å². The van der Waals surface area contributed by atoms with Gasteiger partial charge in [-0.25, -0.2) is 4.98 Å². The van der Waals surface area contributed by atoms with Gasteiger partial charge >= 0.3 is 0 Å². The van der Waals surface area contributed by atoms with Crippen LogP contribution < -0.4 is 10.6 Å². The second kappa shape index (κ2) is 5.83. The van der Waals surface area contributed by atoms with Gasteiger partial charge in [0.2, 0.25) is 0 Å². The third-order valence-electron chi connectivity index (χ3n) is 3.51. The van der Waals surface area contributed by atoms with Crippen molar-refractivity contribution in [3.05, 3.63) is 22.3 Å². The number of anilines is 1. The predicted molar refractivity (Wildman–Crippen MR) is 75.1 cm³/mol. The van der Waals surface area contributed by atoms with E-state index in [0.717, 1.165) is 34.9 Å². The molecule has 0 unspecified atom stereocenters. The molecule has 1 fully saturated rings. The van der Waals surface area contributed by atoms with Gasteiger partial charge in [-0.15, -0.1) is 0 Å². The largest absolute Gasteiger partial charge is 0.356 e. The van der Waals surface area contributed by atoms with Gasteiger partial charge < -0.3 is 10.6 Å². The molecule has 1 aliphatic carbocycles. The van der Waals surface area contributed by atoms with E-state index in [0.29, 0.717) is 6.54 Å². The molecule has 94 valence electrons. The van der Waals surface area contributed by atoms with Gasteiger partial charge in [-0.2, -0.15) is 0 Å². The molecule has 1 aliphatic rings. The molecule has 1 aromatic rings. The van der Waals surface area contributed by atoms with Crippen LogP contribution in [0.4, 0.5) is 5.82 Å². The molecular formula is C13H20BrN3. The molecule has 17 heavy (non-hydrogen) atoms. The molecule has 0 amide bonds. The number of hydrogen-bond acceptors (Lipinski definition) is 3. The topological polar surface area (TPSA) is 42.2 Å². The van der Waals surface area contributed by atoms with Gasteiger partial charge in [0, 0.05) is 35.9 Å². The van der Waals surface area contributed by atoms with Crippen LogP contribution >= 0.6 is 15.9 Å². The number of halogens is 1.